The minimum Gasteiger partial charge on any atom is -0.463 e. The van der Waals surface area contributed by atoms with E-state index in [1.807, 2.05) is 35.3 Å². The molecule has 0 aliphatic carbocycles. The lowest BCUT2D eigenvalue weighted by Gasteiger charge is -2.38. The Hall–Kier alpha value is -3.26. The van der Waals surface area contributed by atoms with Crippen molar-refractivity contribution in [2.75, 3.05) is 0 Å². The van der Waals surface area contributed by atoms with Crippen molar-refractivity contribution >= 4 is 50.8 Å². The van der Waals surface area contributed by atoms with Gasteiger partial charge in [0.2, 0.25) is 6.23 Å². The van der Waals surface area contributed by atoms with E-state index in [0.29, 0.717) is 39.3 Å². The van der Waals surface area contributed by atoms with Crippen molar-refractivity contribution in [3.8, 4) is 11.5 Å². The monoisotopic (exact) mass is 582 g/mol. The summed E-state index contributed by atoms with van der Waals surface area (Å²) >= 11 is 16.2. The standard InChI is InChI=1S/C27H17BrCl2N2O4/c28-17-7-3-16(4-8-17)27(33)35-19-9-5-15(6-10-19)26-32-23(14-22(31-32)24-2-1-11-34-24)20-12-18(29)13-21(30)25(20)36-26/h1-13,23,26H,14H2/t23-,26+/m0/s1. The van der Waals surface area contributed by atoms with Crippen molar-refractivity contribution in [1.82, 2.24) is 5.01 Å². The predicted molar refractivity (Wildman–Crippen MR) is 140 cm³/mol. The van der Waals surface area contributed by atoms with Crippen LogP contribution in [0.4, 0.5) is 0 Å². The Labute approximate surface area is 225 Å². The number of carbonyl (C=O) groups excluding carboxylic acids is 1. The maximum Gasteiger partial charge on any atom is 0.343 e. The van der Waals surface area contributed by atoms with Gasteiger partial charge in [0.25, 0.3) is 0 Å². The average Bonchev–Trinajstić information content (AvgIpc) is 3.55. The highest BCUT2D eigenvalue weighted by molar-refractivity contribution is 9.10. The van der Waals surface area contributed by atoms with Crippen LogP contribution in [0.15, 0.2) is 93.1 Å². The summed E-state index contributed by atoms with van der Waals surface area (Å²) in [6.07, 6.45) is 1.68. The molecule has 0 saturated heterocycles. The molecule has 0 radical (unpaired) electrons. The lowest BCUT2D eigenvalue weighted by molar-refractivity contribution is -0.0189. The maximum atomic E-state index is 12.5. The predicted octanol–water partition coefficient (Wildman–Crippen LogP) is 7.81. The summed E-state index contributed by atoms with van der Waals surface area (Å²) in [4.78, 5) is 12.5. The number of halogens is 3. The van der Waals surface area contributed by atoms with E-state index in [4.69, 9.17) is 42.2 Å². The van der Waals surface area contributed by atoms with Gasteiger partial charge < -0.3 is 13.9 Å². The Morgan fingerprint density at radius 1 is 1.06 bits per heavy atom. The molecule has 0 N–H and O–H groups in total. The summed E-state index contributed by atoms with van der Waals surface area (Å²) in [7, 11) is 0. The van der Waals surface area contributed by atoms with E-state index in [1.165, 1.54) is 0 Å². The Kier molecular flexibility index (Phi) is 5.99. The number of hydrogen-bond donors (Lipinski definition) is 0. The van der Waals surface area contributed by atoms with Crippen molar-refractivity contribution in [3.05, 3.63) is 116 Å². The molecule has 180 valence electrons. The van der Waals surface area contributed by atoms with Crippen LogP contribution in [0.25, 0.3) is 0 Å². The van der Waals surface area contributed by atoms with Crippen molar-refractivity contribution in [2.24, 2.45) is 5.10 Å². The van der Waals surface area contributed by atoms with Gasteiger partial charge in [0.15, 0.2) is 0 Å². The van der Waals surface area contributed by atoms with Gasteiger partial charge in [-0.2, -0.15) is 5.10 Å². The molecule has 6 rings (SSSR count). The number of hydrazone groups is 1. The third-order valence-corrected chi connectivity index (χ3v) is 7.10. The number of rotatable bonds is 4. The van der Waals surface area contributed by atoms with E-state index in [-0.39, 0.29) is 6.04 Å². The fourth-order valence-electron chi connectivity index (χ4n) is 4.38. The third-order valence-electron chi connectivity index (χ3n) is 6.07. The molecule has 2 atom stereocenters. The molecule has 0 saturated carbocycles. The second kappa shape index (κ2) is 9.32. The molecule has 3 aromatic carbocycles. The lowest BCUT2D eigenvalue weighted by atomic mass is 9.97. The van der Waals surface area contributed by atoms with Crippen LogP contribution in [-0.2, 0) is 0 Å². The van der Waals surface area contributed by atoms with E-state index >= 15 is 0 Å². The van der Waals surface area contributed by atoms with E-state index in [2.05, 4.69) is 15.9 Å². The molecule has 9 heteroatoms. The van der Waals surface area contributed by atoms with Crippen LogP contribution < -0.4 is 9.47 Å². The fourth-order valence-corrected chi connectivity index (χ4v) is 5.20. The van der Waals surface area contributed by atoms with Gasteiger partial charge in [0.1, 0.15) is 23.0 Å². The number of hydrogen-bond acceptors (Lipinski definition) is 6. The van der Waals surface area contributed by atoms with Crippen LogP contribution in [0.2, 0.25) is 10.0 Å². The van der Waals surface area contributed by atoms with Crippen LogP contribution >= 0.6 is 39.1 Å². The fraction of sp³-hybridized carbons (Fsp3) is 0.111. The summed E-state index contributed by atoms with van der Waals surface area (Å²) in [6.45, 7) is 0. The number of benzene rings is 3. The summed E-state index contributed by atoms with van der Waals surface area (Å²) in [6, 6.07) is 21.3. The zero-order valence-corrected chi connectivity index (χ0v) is 21.6. The lowest BCUT2D eigenvalue weighted by Crippen LogP contribution is -2.33. The Balaban J connectivity index is 1.31. The Morgan fingerprint density at radius 3 is 2.56 bits per heavy atom. The molecule has 6 nitrogen and oxygen atoms in total. The second-order valence-electron chi connectivity index (χ2n) is 8.37. The molecule has 0 spiro atoms. The third kappa shape index (κ3) is 4.28. The largest absolute Gasteiger partial charge is 0.463 e. The number of ether oxygens (including phenoxy) is 2. The zero-order chi connectivity index (χ0) is 24.8. The number of esters is 1. The summed E-state index contributed by atoms with van der Waals surface area (Å²) in [5.41, 5.74) is 2.96. The van der Waals surface area contributed by atoms with Crippen molar-refractivity contribution in [2.45, 2.75) is 18.7 Å². The molecule has 0 amide bonds. The molecule has 4 aromatic rings. The van der Waals surface area contributed by atoms with Gasteiger partial charge in [-0.3, -0.25) is 0 Å². The molecular formula is C27H17BrCl2N2O4. The van der Waals surface area contributed by atoms with E-state index < -0.39 is 12.2 Å². The quantitative estimate of drug-likeness (QED) is 0.181. The molecule has 2 aliphatic heterocycles. The Morgan fingerprint density at radius 2 is 1.83 bits per heavy atom. The Bertz CT molecular complexity index is 1470. The maximum absolute atomic E-state index is 12.5. The van der Waals surface area contributed by atoms with Crippen molar-refractivity contribution < 1.29 is 18.7 Å². The first-order valence-electron chi connectivity index (χ1n) is 11.1. The molecule has 2 aliphatic rings. The zero-order valence-electron chi connectivity index (χ0n) is 18.5. The first kappa shape index (κ1) is 23.2. The topological polar surface area (TPSA) is 64.3 Å². The highest BCUT2D eigenvalue weighted by Gasteiger charge is 2.42. The van der Waals surface area contributed by atoms with Crippen LogP contribution in [0.3, 0.4) is 0 Å². The minimum atomic E-state index is -0.551. The van der Waals surface area contributed by atoms with E-state index in [9.17, 15) is 4.79 Å². The van der Waals surface area contributed by atoms with Gasteiger partial charge in [0.05, 0.1) is 22.9 Å². The van der Waals surface area contributed by atoms with Gasteiger partial charge >= 0.3 is 5.97 Å². The van der Waals surface area contributed by atoms with Crippen molar-refractivity contribution in [3.63, 3.8) is 0 Å². The minimum absolute atomic E-state index is 0.134. The molecule has 36 heavy (non-hydrogen) atoms. The average molecular weight is 584 g/mol. The van der Waals surface area contributed by atoms with Crippen LogP contribution in [-0.4, -0.2) is 16.7 Å². The summed E-state index contributed by atoms with van der Waals surface area (Å²) in [5.74, 6) is 1.27. The molecule has 0 fully saturated rings. The van der Waals surface area contributed by atoms with Crippen LogP contribution in [0, 0.1) is 0 Å². The number of fused-ring (bicyclic) bond motifs is 3. The van der Waals surface area contributed by atoms with Gasteiger partial charge in [-0.05, 0) is 72.8 Å². The van der Waals surface area contributed by atoms with Gasteiger partial charge in [-0.15, -0.1) is 0 Å². The first-order chi connectivity index (χ1) is 17.5. The SMILES string of the molecule is O=C(Oc1ccc([C@H]2Oc3c(Cl)cc(Cl)cc3[C@@H]3CC(c4ccco4)=NN23)cc1)c1ccc(Br)cc1. The molecular weight excluding hydrogens is 567 g/mol. The van der Waals surface area contributed by atoms with Gasteiger partial charge in [0, 0.05) is 27.0 Å². The smallest absolute Gasteiger partial charge is 0.343 e. The van der Waals surface area contributed by atoms with E-state index in [0.717, 1.165) is 21.3 Å². The molecule has 3 heterocycles. The number of nitrogens with zero attached hydrogens (tertiary/aromatic N) is 2. The van der Waals surface area contributed by atoms with Gasteiger partial charge in [-0.1, -0.05) is 39.1 Å². The second-order valence-corrected chi connectivity index (χ2v) is 10.1. The summed E-state index contributed by atoms with van der Waals surface area (Å²) in [5, 5.41) is 7.71. The number of carbonyl (C=O) groups is 1. The highest BCUT2D eigenvalue weighted by Crippen LogP contribution is 2.50. The van der Waals surface area contributed by atoms with E-state index in [1.54, 1.807) is 48.7 Å². The van der Waals surface area contributed by atoms with Gasteiger partial charge in [-0.25, -0.2) is 9.80 Å². The van der Waals surface area contributed by atoms with Crippen molar-refractivity contribution in [1.29, 1.82) is 0 Å². The van der Waals surface area contributed by atoms with Crippen LogP contribution in [0.1, 0.15) is 45.9 Å². The first-order valence-corrected chi connectivity index (χ1v) is 12.6. The number of furan rings is 1. The molecule has 0 bridgehead atoms. The molecule has 1 aromatic heterocycles. The summed E-state index contributed by atoms with van der Waals surface area (Å²) < 4.78 is 18.4. The van der Waals surface area contributed by atoms with Crippen LogP contribution in [0.5, 0.6) is 11.5 Å². The normalized spacial score (nSPS) is 18.2. The molecule has 0 unspecified atom stereocenters. The highest BCUT2D eigenvalue weighted by atomic mass is 79.9.